The van der Waals surface area contributed by atoms with Crippen molar-refractivity contribution in [3.8, 4) is 5.75 Å². The minimum Gasteiger partial charge on any atom is -0.492 e. The number of benzene rings is 1. The fourth-order valence-electron chi connectivity index (χ4n) is 2.24. The highest BCUT2D eigenvalue weighted by Gasteiger charge is 2.13. The molecule has 1 aromatic rings. The Hall–Kier alpha value is -1.79. The number of nitrogens with one attached hydrogen (secondary N) is 2. The van der Waals surface area contributed by atoms with Crippen LogP contribution in [0.15, 0.2) is 29.3 Å². The summed E-state index contributed by atoms with van der Waals surface area (Å²) in [5.41, 5.74) is 1.39. The van der Waals surface area contributed by atoms with Gasteiger partial charge in [0.25, 0.3) is 0 Å². The van der Waals surface area contributed by atoms with E-state index in [0.717, 1.165) is 24.7 Å². The fraction of sp³-hybridized carbons (Fsp3) is 0.650. The predicted molar refractivity (Wildman–Crippen MR) is 107 cm³/mol. The van der Waals surface area contributed by atoms with Crippen LogP contribution < -0.4 is 15.4 Å². The van der Waals surface area contributed by atoms with Gasteiger partial charge in [-0.25, -0.2) is 0 Å². The Labute approximate surface area is 158 Å². The molecule has 0 fully saturated rings. The molecule has 0 bridgehead atoms. The smallest absolute Gasteiger partial charge is 0.191 e. The van der Waals surface area contributed by atoms with Crippen molar-refractivity contribution in [2.24, 2.45) is 4.99 Å². The van der Waals surface area contributed by atoms with Crippen molar-refractivity contribution in [2.75, 3.05) is 53.7 Å². The molecule has 0 aliphatic rings. The molecule has 0 aromatic heterocycles. The molecule has 2 N–H and O–H groups in total. The van der Waals surface area contributed by atoms with Crippen molar-refractivity contribution in [3.05, 3.63) is 29.8 Å². The Bertz CT molecular complexity index is 527. The van der Waals surface area contributed by atoms with Crippen molar-refractivity contribution < 1.29 is 14.2 Å². The molecule has 0 unspecified atom stereocenters. The minimum atomic E-state index is 0.122. The van der Waals surface area contributed by atoms with Crippen LogP contribution >= 0.6 is 0 Å². The van der Waals surface area contributed by atoms with Crippen molar-refractivity contribution in [2.45, 2.75) is 32.6 Å². The Balaban J connectivity index is 2.19. The van der Waals surface area contributed by atoms with Crippen molar-refractivity contribution in [1.82, 2.24) is 10.6 Å². The molecule has 0 amide bonds. The summed E-state index contributed by atoms with van der Waals surface area (Å²) in [6, 6.07) is 8.27. The summed E-state index contributed by atoms with van der Waals surface area (Å²) in [5.74, 6) is 1.67. The van der Waals surface area contributed by atoms with Crippen molar-refractivity contribution in [3.63, 3.8) is 0 Å². The summed E-state index contributed by atoms with van der Waals surface area (Å²) in [6.07, 6.45) is 0.917. The van der Waals surface area contributed by atoms with Gasteiger partial charge in [0.2, 0.25) is 0 Å². The van der Waals surface area contributed by atoms with E-state index in [0.29, 0.717) is 33.0 Å². The van der Waals surface area contributed by atoms with E-state index < -0.39 is 0 Å². The maximum atomic E-state index is 5.84. The molecule has 6 heteroatoms. The molecule has 0 radical (unpaired) electrons. The zero-order chi connectivity index (χ0) is 19.3. The number of nitrogens with zero attached hydrogens (tertiary/aromatic N) is 1. The molecule has 0 heterocycles. The Kier molecular flexibility index (Phi) is 10.7. The number of hydrogen-bond acceptors (Lipinski definition) is 4. The molecular formula is C20H35N3O3. The highest BCUT2D eigenvalue weighted by Crippen LogP contribution is 2.25. The molecule has 0 saturated carbocycles. The zero-order valence-corrected chi connectivity index (χ0v) is 16.9. The number of guanidine groups is 1. The quantitative estimate of drug-likeness (QED) is 0.358. The number of hydrogen-bond donors (Lipinski definition) is 2. The molecule has 26 heavy (non-hydrogen) atoms. The first-order valence-electron chi connectivity index (χ1n) is 9.22. The van der Waals surface area contributed by atoms with Gasteiger partial charge in [-0.1, -0.05) is 32.9 Å². The second kappa shape index (κ2) is 12.5. The van der Waals surface area contributed by atoms with Crippen LogP contribution in [0.4, 0.5) is 0 Å². The third-order valence-corrected chi connectivity index (χ3v) is 3.78. The fourth-order valence-corrected chi connectivity index (χ4v) is 2.24. The van der Waals surface area contributed by atoms with Crippen molar-refractivity contribution in [1.29, 1.82) is 0 Å². The van der Waals surface area contributed by atoms with Gasteiger partial charge in [0.15, 0.2) is 5.96 Å². The first-order chi connectivity index (χ1) is 12.5. The molecule has 0 atom stereocenters. The molecule has 0 aliphatic heterocycles. The maximum Gasteiger partial charge on any atom is 0.191 e. The van der Waals surface area contributed by atoms with Crippen LogP contribution in [-0.2, 0) is 14.9 Å². The second-order valence-corrected chi connectivity index (χ2v) is 7.01. The summed E-state index contributed by atoms with van der Waals surface area (Å²) in [7, 11) is 3.43. The summed E-state index contributed by atoms with van der Waals surface area (Å²) >= 11 is 0. The molecule has 0 spiro atoms. The summed E-state index contributed by atoms with van der Waals surface area (Å²) < 4.78 is 16.2. The second-order valence-electron chi connectivity index (χ2n) is 7.01. The first-order valence-corrected chi connectivity index (χ1v) is 9.22. The van der Waals surface area contributed by atoms with E-state index in [4.69, 9.17) is 14.2 Å². The topological polar surface area (TPSA) is 64.1 Å². The van der Waals surface area contributed by atoms with Crippen LogP contribution in [-0.4, -0.2) is 59.6 Å². The van der Waals surface area contributed by atoms with Crippen LogP contribution in [0.3, 0.4) is 0 Å². The highest BCUT2D eigenvalue weighted by molar-refractivity contribution is 5.79. The normalized spacial score (nSPS) is 12.1. The van der Waals surface area contributed by atoms with Gasteiger partial charge in [-0.05, 0) is 29.5 Å². The largest absolute Gasteiger partial charge is 0.492 e. The standard InChI is InChI=1S/C20H35N3O3/c1-20(2,3)17-8-6-9-18(16-17)26-13-11-23-19(21-4)22-10-7-12-25-15-14-24-5/h6,8-9,16H,7,10-15H2,1-5H3,(H2,21,22,23). The van der Waals surface area contributed by atoms with Gasteiger partial charge in [0.1, 0.15) is 12.4 Å². The lowest BCUT2D eigenvalue weighted by molar-refractivity contribution is 0.0698. The van der Waals surface area contributed by atoms with Crippen molar-refractivity contribution >= 4 is 5.96 Å². The molecule has 6 nitrogen and oxygen atoms in total. The zero-order valence-electron chi connectivity index (χ0n) is 16.9. The predicted octanol–water partition coefficient (Wildman–Crippen LogP) is 2.58. The van der Waals surface area contributed by atoms with Gasteiger partial charge in [0, 0.05) is 27.3 Å². The van der Waals surface area contributed by atoms with E-state index >= 15 is 0 Å². The average molecular weight is 366 g/mol. The average Bonchev–Trinajstić information content (AvgIpc) is 2.62. The van der Waals surface area contributed by atoms with Gasteiger partial charge in [-0.3, -0.25) is 4.99 Å². The number of ether oxygens (including phenoxy) is 3. The molecule has 0 saturated heterocycles. The molecule has 0 aliphatic carbocycles. The Morgan fingerprint density at radius 3 is 2.50 bits per heavy atom. The van der Waals surface area contributed by atoms with Crippen LogP contribution in [0.5, 0.6) is 5.75 Å². The number of aliphatic imine (C=N–C) groups is 1. The maximum absolute atomic E-state index is 5.84. The number of rotatable bonds is 11. The SMILES string of the molecule is CN=C(NCCCOCCOC)NCCOc1cccc(C(C)(C)C)c1. The first kappa shape index (κ1) is 22.3. The highest BCUT2D eigenvalue weighted by atomic mass is 16.5. The lowest BCUT2D eigenvalue weighted by Gasteiger charge is -2.20. The third-order valence-electron chi connectivity index (χ3n) is 3.78. The van der Waals surface area contributed by atoms with Crippen LogP contribution in [0, 0.1) is 0 Å². The van der Waals surface area contributed by atoms with Crippen LogP contribution in [0.1, 0.15) is 32.8 Å². The summed E-state index contributed by atoms with van der Waals surface area (Å²) in [4.78, 5) is 4.20. The minimum absolute atomic E-state index is 0.122. The lowest BCUT2D eigenvalue weighted by Crippen LogP contribution is -2.39. The van der Waals surface area contributed by atoms with Gasteiger partial charge < -0.3 is 24.8 Å². The van der Waals surface area contributed by atoms with E-state index in [9.17, 15) is 0 Å². The van der Waals surface area contributed by atoms with Gasteiger partial charge in [0.05, 0.1) is 19.8 Å². The van der Waals surface area contributed by atoms with Crippen LogP contribution in [0.25, 0.3) is 0 Å². The van der Waals surface area contributed by atoms with Gasteiger partial charge in [-0.2, -0.15) is 0 Å². The lowest BCUT2D eigenvalue weighted by atomic mass is 9.87. The Morgan fingerprint density at radius 2 is 1.81 bits per heavy atom. The third kappa shape index (κ3) is 9.63. The van der Waals surface area contributed by atoms with E-state index in [1.54, 1.807) is 14.2 Å². The van der Waals surface area contributed by atoms with E-state index in [-0.39, 0.29) is 5.41 Å². The van der Waals surface area contributed by atoms with Crippen LogP contribution in [0.2, 0.25) is 0 Å². The van der Waals surface area contributed by atoms with E-state index in [2.05, 4.69) is 48.5 Å². The Morgan fingerprint density at radius 1 is 1.04 bits per heavy atom. The monoisotopic (exact) mass is 365 g/mol. The molecule has 148 valence electrons. The van der Waals surface area contributed by atoms with Gasteiger partial charge >= 0.3 is 0 Å². The van der Waals surface area contributed by atoms with E-state index in [1.807, 2.05) is 12.1 Å². The van der Waals surface area contributed by atoms with Gasteiger partial charge in [-0.15, -0.1) is 0 Å². The molecule has 1 aromatic carbocycles. The molecule has 1 rings (SSSR count). The summed E-state index contributed by atoms with van der Waals surface area (Å²) in [6.45, 7) is 10.6. The molecular weight excluding hydrogens is 330 g/mol. The van der Waals surface area contributed by atoms with E-state index in [1.165, 1.54) is 5.56 Å². The number of methoxy groups -OCH3 is 1. The summed E-state index contributed by atoms with van der Waals surface area (Å²) in [5, 5.41) is 6.51.